The molecule has 0 radical (unpaired) electrons. The van der Waals surface area contributed by atoms with E-state index in [0.717, 1.165) is 0 Å². The topological polar surface area (TPSA) is 59.6 Å². The molecule has 5 heteroatoms. The second kappa shape index (κ2) is 7.43. The van der Waals surface area contributed by atoms with Crippen molar-refractivity contribution in [3.05, 3.63) is 24.3 Å². The summed E-state index contributed by atoms with van der Waals surface area (Å²) in [7, 11) is 1.85. The third-order valence-corrected chi connectivity index (χ3v) is 3.51. The van der Waals surface area contributed by atoms with Gasteiger partial charge in [0.05, 0.1) is 31.4 Å². The standard InChI is InChI=1S/C16H24N2O3/c1-11(2)8-21-15-7-5-4-6-13(15)18-16(19)12-9-20-10-14(12)17-3/h4-7,11-12,14,17H,8-10H2,1-3H3,(H,18,19). The van der Waals surface area contributed by atoms with Crippen LogP contribution in [0.15, 0.2) is 24.3 Å². The molecule has 0 saturated carbocycles. The van der Waals surface area contributed by atoms with Gasteiger partial charge in [-0.15, -0.1) is 0 Å². The molecule has 2 N–H and O–H groups in total. The van der Waals surface area contributed by atoms with Crippen molar-refractivity contribution < 1.29 is 14.3 Å². The van der Waals surface area contributed by atoms with Gasteiger partial charge in [0.25, 0.3) is 0 Å². The number of hydrogen-bond acceptors (Lipinski definition) is 4. The van der Waals surface area contributed by atoms with E-state index in [1.165, 1.54) is 0 Å². The van der Waals surface area contributed by atoms with Crippen LogP contribution >= 0.6 is 0 Å². The van der Waals surface area contributed by atoms with Gasteiger partial charge in [0.1, 0.15) is 5.75 Å². The molecule has 1 fully saturated rings. The Morgan fingerprint density at radius 1 is 1.38 bits per heavy atom. The van der Waals surface area contributed by atoms with E-state index in [1.807, 2.05) is 31.3 Å². The van der Waals surface area contributed by atoms with Crippen LogP contribution < -0.4 is 15.4 Å². The van der Waals surface area contributed by atoms with Gasteiger partial charge < -0.3 is 20.1 Å². The zero-order chi connectivity index (χ0) is 15.2. The van der Waals surface area contributed by atoms with Crippen molar-refractivity contribution in [1.29, 1.82) is 0 Å². The highest BCUT2D eigenvalue weighted by Gasteiger charge is 2.33. The number of para-hydroxylation sites is 2. The Bertz CT molecular complexity index is 476. The Kier molecular flexibility index (Phi) is 5.59. The molecule has 1 aliphatic heterocycles. The molecule has 2 rings (SSSR count). The molecule has 1 aromatic rings. The molecule has 1 heterocycles. The minimum atomic E-state index is -0.173. The summed E-state index contributed by atoms with van der Waals surface area (Å²) in [5.74, 6) is 0.936. The zero-order valence-electron chi connectivity index (χ0n) is 12.9. The first-order chi connectivity index (χ1) is 10.1. The third-order valence-electron chi connectivity index (χ3n) is 3.51. The Labute approximate surface area is 126 Å². The molecule has 2 atom stereocenters. The van der Waals surface area contributed by atoms with Crippen molar-refractivity contribution in [2.24, 2.45) is 11.8 Å². The van der Waals surface area contributed by atoms with Crippen LogP contribution in [0, 0.1) is 11.8 Å². The van der Waals surface area contributed by atoms with Gasteiger partial charge in [0.15, 0.2) is 0 Å². The highest BCUT2D eigenvalue weighted by atomic mass is 16.5. The van der Waals surface area contributed by atoms with Crippen LogP contribution in [0.25, 0.3) is 0 Å². The average molecular weight is 292 g/mol. The third kappa shape index (κ3) is 4.19. The first-order valence-electron chi connectivity index (χ1n) is 7.39. The van der Waals surface area contributed by atoms with E-state index >= 15 is 0 Å². The van der Waals surface area contributed by atoms with Crippen LogP contribution in [0.5, 0.6) is 5.75 Å². The SMILES string of the molecule is CNC1COCC1C(=O)Nc1ccccc1OCC(C)C. The molecule has 0 bridgehead atoms. The first kappa shape index (κ1) is 15.8. The van der Waals surface area contributed by atoms with E-state index < -0.39 is 0 Å². The number of benzene rings is 1. The lowest BCUT2D eigenvalue weighted by Crippen LogP contribution is -2.39. The molecule has 2 unspecified atom stereocenters. The van der Waals surface area contributed by atoms with Gasteiger partial charge in [-0.3, -0.25) is 4.79 Å². The highest BCUT2D eigenvalue weighted by Crippen LogP contribution is 2.26. The van der Waals surface area contributed by atoms with Crippen molar-refractivity contribution in [3.63, 3.8) is 0 Å². The molecule has 1 aromatic carbocycles. The van der Waals surface area contributed by atoms with Crippen LogP contribution in [0.3, 0.4) is 0 Å². The molecule has 1 saturated heterocycles. The molecule has 0 aliphatic carbocycles. The maximum Gasteiger partial charge on any atom is 0.231 e. The molecular weight excluding hydrogens is 268 g/mol. The van der Waals surface area contributed by atoms with E-state index in [1.54, 1.807) is 0 Å². The molecule has 5 nitrogen and oxygen atoms in total. The van der Waals surface area contributed by atoms with E-state index in [-0.39, 0.29) is 17.9 Å². The number of hydrogen-bond donors (Lipinski definition) is 2. The number of likely N-dealkylation sites (N-methyl/N-ethyl adjacent to an activating group) is 1. The van der Waals surface area contributed by atoms with Gasteiger partial charge in [-0.25, -0.2) is 0 Å². The second-order valence-corrected chi connectivity index (χ2v) is 5.73. The van der Waals surface area contributed by atoms with Gasteiger partial charge >= 0.3 is 0 Å². The van der Waals surface area contributed by atoms with E-state index in [2.05, 4.69) is 24.5 Å². The van der Waals surface area contributed by atoms with E-state index in [9.17, 15) is 4.79 Å². The maximum atomic E-state index is 12.4. The highest BCUT2D eigenvalue weighted by molar-refractivity contribution is 5.94. The summed E-state index contributed by atoms with van der Waals surface area (Å²) in [5, 5.41) is 6.07. The van der Waals surface area contributed by atoms with Crippen molar-refractivity contribution in [2.75, 3.05) is 32.2 Å². The normalized spacial score (nSPS) is 21.5. The second-order valence-electron chi connectivity index (χ2n) is 5.73. The predicted molar refractivity (Wildman–Crippen MR) is 82.6 cm³/mol. The molecule has 116 valence electrons. The smallest absolute Gasteiger partial charge is 0.231 e. The van der Waals surface area contributed by atoms with Crippen LogP contribution in [-0.2, 0) is 9.53 Å². The fraction of sp³-hybridized carbons (Fsp3) is 0.562. The summed E-state index contributed by atoms with van der Waals surface area (Å²) in [4.78, 5) is 12.4. The molecule has 1 amide bonds. The molecule has 0 spiro atoms. The number of ether oxygens (including phenoxy) is 2. The Balaban J connectivity index is 2.03. The lowest BCUT2D eigenvalue weighted by atomic mass is 10.0. The van der Waals surface area contributed by atoms with Crippen molar-refractivity contribution in [1.82, 2.24) is 5.32 Å². The first-order valence-corrected chi connectivity index (χ1v) is 7.39. The lowest BCUT2D eigenvalue weighted by molar-refractivity contribution is -0.120. The van der Waals surface area contributed by atoms with E-state index in [0.29, 0.717) is 37.2 Å². The summed E-state index contributed by atoms with van der Waals surface area (Å²) in [6, 6.07) is 7.59. The van der Waals surface area contributed by atoms with Crippen LogP contribution in [-0.4, -0.2) is 38.8 Å². The quantitative estimate of drug-likeness (QED) is 0.840. The number of amides is 1. The minimum Gasteiger partial charge on any atom is -0.491 e. The summed E-state index contributed by atoms with van der Waals surface area (Å²) in [6.45, 7) is 5.83. The van der Waals surface area contributed by atoms with Gasteiger partial charge in [-0.1, -0.05) is 26.0 Å². The summed E-state index contributed by atoms with van der Waals surface area (Å²) < 4.78 is 11.1. The van der Waals surface area contributed by atoms with Gasteiger partial charge in [0, 0.05) is 6.04 Å². The fourth-order valence-electron chi connectivity index (χ4n) is 2.27. The van der Waals surface area contributed by atoms with Crippen molar-refractivity contribution in [2.45, 2.75) is 19.9 Å². The molecule has 1 aliphatic rings. The largest absolute Gasteiger partial charge is 0.491 e. The summed E-state index contributed by atoms with van der Waals surface area (Å²) >= 11 is 0. The van der Waals surface area contributed by atoms with Gasteiger partial charge in [-0.2, -0.15) is 0 Å². The molecule has 21 heavy (non-hydrogen) atoms. The van der Waals surface area contributed by atoms with Crippen LogP contribution in [0.4, 0.5) is 5.69 Å². The van der Waals surface area contributed by atoms with Gasteiger partial charge in [0.2, 0.25) is 5.91 Å². The van der Waals surface area contributed by atoms with Crippen molar-refractivity contribution >= 4 is 11.6 Å². The van der Waals surface area contributed by atoms with Crippen LogP contribution in [0.2, 0.25) is 0 Å². The average Bonchev–Trinajstić information content (AvgIpc) is 2.94. The summed E-state index contributed by atoms with van der Waals surface area (Å²) in [5.41, 5.74) is 0.713. The van der Waals surface area contributed by atoms with Gasteiger partial charge in [-0.05, 0) is 25.1 Å². The number of carbonyl (C=O) groups excluding carboxylic acids is 1. The number of anilines is 1. The predicted octanol–water partition coefficient (Wildman–Crippen LogP) is 1.89. The molecular formula is C16H24N2O3. The number of nitrogens with one attached hydrogen (secondary N) is 2. The summed E-state index contributed by atoms with van der Waals surface area (Å²) in [6.07, 6.45) is 0. The number of rotatable bonds is 6. The maximum absolute atomic E-state index is 12.4. The minimum absolute atomic E-state index is 0.0348. The van der Waals surface area contributed by atoms with E-state index in [4.69, 9.17) is 9.47 Å². The molecule has 0 aromatic heterocycles. The van der Waals surface area contributed by atoms with Crippen molar-refractivity contribution in [3.8, 4) is 5.75 Å². The lowest BCUT2D eigenvalue weighted by Gasteiger charge is -2.18. The monoisotopic (exact) mass is 292 g/mol. The Morgan fingerprint density at radius 2 is 2.14 bits per heavy atom. The zero-order valence-corrected chi connectivity index (χ0v) is 12.9. The fourth-order valence-corrected chi connectivity index (χ4v) is 2.27. The Hall–Kier alpha value is -1.59. The Morgan fingerprint density at radius 3 is 2.86 bits per heavy atom. The van der Waals surface area contributed by atoms with Crippen LogP contribution in [0.1, 0.15) is 13.8 Å². The number of carbonyl (C=O) groups is 1.